The quantitative estimate of drug-likeness (QED) is 0.212. The first kappa shape index (κ1) is 40.1. The standard InChI is InChI=1S/C43H46F3N9O4/c1-26-22-52(16-17-54(26)36-8-4-6-30-31(36)20-47-21-37(30)55-15-14-39(56)50-41(55)58)23-27-10-12-28(13-11-27)24-53-25-29-18-35(32(42(2,3)59)19-34(29)51-53)49-40(57)33-7-5-9-38(48-33)43(44,45)46/h4-9,18-21,24-28,59H,10-17,22-23H2,1-3H3,(H-,49,50,56,57,58)/p+1/b53-24-/t26-,27?,28?/m0/s1. The molecule has 5 heterocycles. The molecule has 59 heavy (non-hydrogen) atoms. The first-order valence-corrected chi connectivity index (χ1v) is 20.0. The Hall–Kier alpha value is -5.74. The molecule has 4 aromatic rings. The van der Waals surface area contributed by atoms with Gasteiger partial charge in [0.1, 0.15) is 16.7 Å². The van der Waals surface area contributed by atoms with E-state index in [2.05, 4.69) is 49.6 Å². The first-order valence-electron chi connectivity index (χ1n) is 20.0. The summed E-state index contributed by atoms with van der Waals surface area (Å²) in [5.41, 5.74) is -0.524. The summed E-state index contributed by atoms with van der Waals surface area (Å²) in [6, 6.07) is 12.5. The molecule has 0 radical (unpaired) electrons. The Kier molecular flexibility index (Phi) is 10.7. The van der Waals surface area contributed by atoms with Crippen LogP contribution in [0.3, 0.4) is 0 Å². The van der Waals surface area contributed by atoms with Crippen molar-refractivity contribution in [1.29, 1.82) is 0 Å². The van der Waals surface area contributed by atoms with Gasteiger partial charge in [-0.1, -0.05) is 22.9 Å². The number of carbonyl (C=O) groups excluding carboxylic acids is 3. The summed E-state index contributed by atoms with van der Waals surface area (Å²) >= 11 is 0. The molecule has 0 bridgehead atoms. The van der Waals surface area contributed by atoms with Crippen LogP contribution in [0.5, 0.6) is 0 Å². The number of anilines is 3. The van der Waals surface area contributed by atoms with Crippen molar-refractivity contribution in [3.05, 3.63) is 88.5 Å². The lowest BCUT2D eigenvalue weighted by Gasteiger charge is -2.43. The minimum atomic E-state index is -4.69. The number of benzene rings is 2. The lowest BCUT2D eigenvalue weighted by molar-refractivity contribution is -0.424. The molecule has 1 saturated carbocycles. The molecule has 308 valence electrons. The fraction of sp³-hybridized carbons (Fsp3) is 0.419. The van der Waals surface area contributed by atoms with Gasteiger partial charge in [-0.25, -0.2) is 9.78 Å². The smallest absolute Gasteiger partial charge is 0.386 e. The van der Waals surface area contributed by atoms with E-state index in [1.54, 1.807) is 41.8 Å². The number of nitrogens with zero attached hydrogens (tertiary/aromatic N) is 7. The maximum atomic E-state index is 13.3. The number of pyridine rings is 2. The van der Waals surface area contributed by atoms with Crippen LogP contribution in [-0.2, 0) is 16.6 Å². The second kappa shape index (κ2) is 15.8. The Balaban J connectivity index is 0.888. The van der Waals surface area contributed by atoms with E-state index in [-0.39, 0.29) is 29.8 Å². The van der Waals surface area contributed by atoms with Gasteiger partial charge >= 0.3 is 12.2 Å². The van der Waals surface area contributed by atoms with Gasteiger partial charge < -0.3 is 15.3 Å². The number of hydrogen-bond acceptors (Lipinski definition) is 9. The molecule has 3 N–H and O–H groups in total. The SMILES string of the molecule is C[C@H]1CN(CC2CCC(/C=[N+]3/C=c4cc(NC(=O)c5cccc(C(F)(F)F)n5)c(C(C)(C)O)cc4=N3)CC2)CCN1c1cccc2c(N3CCC(=O)NC3=O)cncc12. The van der Waals surface area contributed by atoms with Gasteiger partial charge in [0, 0.05) is 90.1 Å². The Bertz CT molecular complexity index is 2480. The zero-order valence-electron chi connectivity index (χ0n) is 33.2. The Morgan fingerprint density at radius 1 is 1.00 bits per heavy atom. The van der Waals surface area contributed by atoms with E-state index in [1.807, 2.05) is 24.5 Å². The van der Waals surface area contributed by atoms with Gasteiger partial charge in [0.15, 0.2) is 6.21 Å². The maximum Gasteiger partial charge on any atom is 0.433 e. The molecule has 4 amide bonds. The number of hydrogen-bond donors (Lipinski definition) is 3. The normalized spacial score (nSPS) is 22.2. The van der Waals surface area contributed by atoms with Gasteiger partial charge in [-0.3, -0.25) is 29.7 Å². The highest BCUT2D eigenvalue weighted by Crippen LogP contribution is 2.36. The van der Waals surface area contributed by atoms with Crippen molar-refractivity contribution in [3.8, 4) is 0 Å². The van der Waals surface area contributed by atoms with Crippen molar-refractivity contribution >= 4 is 58.1 Å². The number of aliphatic hydroxyl groups is 1. The number of rotatable bonds is 8. The first-order chi connectivity index (χ1) is 28.1. The van der Waals surface area contributed by atoms with E-state index in [9.17, 15) is 32.7 Å². The van der Waals surface area contributed by atoms with Crippen LogP contribution in [0, 0.1) is 11.8 Å². The van der Waals surface area contributed by atoms with E-state index < -0.39 is 29.4 Å². The summed E-state index contributed by atoms with van der Waals surface area (Å²) in [5, 5.41) is 24.0. The van der Waals surface area contributed by atoms with Crippen molar-refractivity contribution in [2.24, 2.45) is 16.9 Å². The summed E-state index contributed by atoms with van der Waals surface area (Å²) in [6.45, 7) is 9.46. The van der Waals surface area contributed by atoms with Gasteiger partial charge in [-0.15, -0.1) is 0 Å². The van der Waals surface area contributed by atoms with Gasteiger partial charge in [-0.05, 0) is 82.7 Å². The maximum absolute atomic E-state index is 13.3. The molecule has 3 fully saturated rings. The molecule has 16 heteroatoms. The molecule has 1 aliphatic carbocycles. The van der Waals surface area contributed by atoms with Gasteiger partial charge in [-0.2, -0.15) is 13.2 Å². The predicted molar refractivity (Wildman–Crippen MR) is 216 cm³/mol. The van der Waals surface area contributed by atoms with Crippen LogP contribution < -0.4 is 31.0 Å². The number of halogens is 3. The highest BCUT2D eigenvalue weighted by atomic mass is 19.4. The largest absolute Gasteiger partial charge is 0.433 e. The predicted octanol–water partition coefficient (Wildman–Crippen LogP) is 4.96. The third-order valence-corrected chi connectivity index (χ3v) is 11.7. The minimum absolute atomic E-state index is 0.248. The zero-order valence-corrected chi connectivity index (χ0v) is 33.2. The molecule has 2 aromatic carbocycles. The molecule has 0 spiro atoms. The monoisotopic (exact) mass is 810 g/mol. The molecule has 1 atom stereocenters. The summed E-state index contributed by atoms with van der Waals surface area (Å²) in [5.74, 6) is -0.198. The van der Waals surface area contributed by atoms with Crippen molar-refractivity contribution in [1.82, 2.24) is 20.2 Å². The van der Waals surface area contributed by atoms with Crippen LogP contribution in [0.2, 0.25) is 0 Å². The molecule has 2 saturated heterocycles. The van der Waals surface area contributed by atoms with Gasteiger partial charge in [0.25, 0.3) is 5.91 Å². The summed E-state index contributed by atoms with van der Waals surface area (Å²) in [6.07, 6.45) is 7.29. The molecular formula is C43H47F3N9O4+. The van der Waals surface area contributed by atoms with Crippen LogP contribution in [-0.4, -0.2) is 87.5 Å². The number of imide groups is 1. The van der Waals surface area contributed by atoms with E-state index in [1.165, 1.54) is 6.07 Å². The Morgan fingerprint density at radius 3 is 2.51 bits per heavy atom. The van der Waals surface area contributed by atoms with E-state index in [4.69, 9.17) is 5.10 Å². The minimum Gasteiger partial charge on any atom is -0.386 e. The second-order valence-electron chi connectivity index (χ2n) is 16.5. The number of nitrogens with one attached hydrogen (secondary N) is 2. The van der Waals surface area contributed by atoms with Crippen LogP contribution in [0.4, 0.5) is 35.0 Å². The average molecular weight is 811 g/mol. The number of amides is 4. The van der Waals surface area contributed by atoms with Gasteiger partial charge in [0.05, 0.1) is 22.7 Å². The Morgan fingerprint density at radius 2 is 1.78 bits per heavy atom. The second-order valence-corrected chi connectivity index (χ2v) is 16.5. The average Bonchev–Trinajstić information content (AvgIpc) is 3.58. The molecule has 2 aromatic heterocycles. The van der Waals surface area contributed by atoms with Crippen molar-refractivity contribution in [2.75, 3.05) is 47.8 Å². The summed E-state index contributed by atoms with van der Waals surface area (Å²) in [7, 11) is 0. The highest BCUT2D eigenvalue weighted by molar-refractivity contribution is 6.11. The fourth-order valence-corrected chi connectivity index (χ4v) is 8.76. The lowest BCUT2D eigenvalue weighted by Crippen LogP contribution is -2.53. The molecule has 4 aliphatic rings. The van der Waals surface area contributed by atoms with Crippen LogP contribution in [0.25, 0.3) is 17.0 Å². The fourth-order valence-electron chi connectivity index (χ4n) is 8.76. The number of alkyl halides is 3. The molecule has 8 rings (SSSR count). The van der Waals surface area contributed by atoms with E-state index in [0.29, 0.717) is 40.2 Å². The molecular weight excluding hydrogens is 764 g/mol. The van der Waals surface area contributed by atoms with Crippen molar-refractivity contribution < 1.29 is 37.3 Å². The molecule has 0 unspecified atom stereocenters. The highest BCUT2D eigenvalue weighted by Gasteiger charge is 2.34. The van der Waals surface area contributed by atoms with Crippen LogP contribution in [0.1, 0.15) is 74.6 Å². The van der Waals surface area contributed by atoms with E-state index >= 15 is 0 Å². The van der Waals surface area contributed by atoms with Gasteiger partial charge in [0.2, 0.25) is 12.1 Å². The number of urea groups is 1. The number of carbonyl (C=O) groups is 3. The summed E-state index contributed by atoms with van der Waals surface area (Å²) < 4.78 is 41.5. The molecule has 13 nitrogen and oxygen atoms in total. The third-order valence-electron chi connectivity index (χ3n) is 11.7. The van der Waals surface area contributed by atoms with Crippen LogP contribution >= 0.6 is 0 Å². The summed E-state index contributed by atoms with van der Waals surface area (Å²) in [4.78, 5) is 52.1. The van der Waals surface area contributed by atoms with Crippen molar-refractivity contribution in [3.63, 3.8) is 0 Å². The third kappa shape index (κ3) is 8.55. The number of piperazine rings is 1. The number of fused-ring (bicyclic) bond motifs is 2. The van der Waals surface area contributed by atoms with Crippen LogP contribution in [0.15, 0.2) is 66.0 Å². The van der Waals surface area contributed by atoms with Crippen molar-refractivity contribution in [2.45, 2.75) is 70.7 Å². The molecule has 3 aliphatic heterocycles. The lowest BCUT2D eigenvalue weighted by atomic mass is 9.82. The number of aromatic nitrogens is 2. The Labute approximate surface area is 338 Å². The zero-order chi connectivity index (χ0) is 41.6. The van der Waals surface area contributed by atoms with E-state index in [0.717, 1.165) is 80.5 Å². The topological polar surface area (TPSA) is 146 Å².